The Bertz CT molecular complexity index is 357. The normalized spacial score (nSPS) is 27.3. The third-order valence-electron chi connectivity index (χ3n) is 4.12. The first kappa shape index (κ1) is 16.6. The summed E-state index contributed by atoms with van der Waals surface area (Å²) in [6.45, 7) is 10.5. The van der Waals surface area contributed by atoms with Gasteiger partial charge >= 0.3 is 0 Å². The van der Waals surface area contributed by atoms with Crippen LogP contribution in [0.5, 0.6) is 0 Å². The van der Waals surface area contributed by atoms with Crippen LogP contribution >= 0.6 is 11.8 Å². The van der Waals surface area contributed by atoms with Crippen molar-refractivity contribution in [1.82, 2.24) is 5.32 Å². The number of hydrogen-bond donors (Lipinski definition) is 2. The fourth-order valence-electron chi connectivity index (χ4n) is 2.69. The Morgan fingerprint density at radius 3 is 2.47 bits per heavy atom. The van der Waals surface area contributed by atoms with E-state index in [-0.39, 0.29) is 35.1 Å². The molecule has 0 spiro atoms. The van der Waals surface area contributed by atoms with Gasteiger partial charge in [0, 0.05) is 11.3 Å². The summed E-state index contributed by atoms with van der Waals surface area (Å²) in [5.74, 6) is 0.519. The van der Waals surface area contributed by atoms with Gasteiger partial charge in [-0.3, -0.25) is 4.79 Å². The Morgan fingerprint density at radius 2 is 2.05 bits per heavy atom. The van der Waals surface area contributed by atoms with Crippen molar-refractivity contribution < 1.29 is 9.90 Å². The van der Waals surface area contributed by atoms with E-state index in [0.717, 1.165) is 0 Å². The molecule has 0 aliphatic heterocycles. The average molecular weight is 285 g/mol. The molecule has 1 saturated carbocycles. The lowest BCUT2D eigenvalue weighted by atomic mass is 10.1. The molecule has 2 N–H and O–H groups in total. The van der Waals surface area contributed by atoms with Crippen LogP contribution in [-0.4, -0.2) is 35.2 Å². The van der Waals surface area contributed by atoms with Gasteiger partial charge in [0.15, 0.2) is 0 Å². The van der Waals surface area contributed by atoms with E-state index in [1.807, 2.05) is 13.2 Å². The van der Waals surface area contributed by atoms with Crippen LogP contribution in [-0.2, 0) is 4.79 Å². The van der Waals surface area contributed by atoms with Crippen LogP contribution in [0.15, 0.2) is 11.6 Å². The highest BCUT2D eigenvalue weighted by Crippen LogP contribution is 2.59. The first-order valence-corrected chi connectivity index (χ1v) is 8.13. The highest BCUT2D eigenvalue weighted by molar-refractivity contribution is 7.99. The number of nitrogens with one attached hydrogen (secondary N) is 1. The number of carbonyl (C=O) groups excluding carboxylic acids is 1. The smallest absolute Gasteiger partial charge is 0.224 e. The minimum atomic E-state index is -0.00347. The molecule has 1 aliphatic rings. The zero-order valence-electron chi connectivity index (χ0n) is 12.9. The second-order valence-corrected chi connectivity index (χ2v) is 7.40. The summed E-state index contributed by atoms with van der Waals surface area (Å²) in [7, 11) is 0. The molecule has 1 amide bonds. The molecule has 1 aliphatic carbocycles. The van der Waals surface area contributed by atoms with E-state index < -0.39 is 0 Å². The molecule has 110 valence electrons. The Balaban J connectivity index is 2.63. The Kier molecular flexibility index (Phi) is 5.51. The molecular formula is C15H27NO2S. The van der Waals surface area contributed by atoms with Crippen molar-refractivity contribution in [2.75, 3.05) is 12.9 Å². The second-order valence-electron chi connectivity index (χ2n) is 6.32. The summed E-state index contributed by atoms with van der Waals surface area (Å²) >= 11 is 1.59. The summed E-state index contributed by atoms with van der Waals surface area (Å²) in [5.41, 5.74) is 1.31. The van der Waals surface area contributed by atoms with Crippen molar-refractivity contribution in [2.45, 2.75) is 45.9 Å². The lowest BCUT2D eigenvalue weighted by molar-refractivity contribution is -0.123. The van der Waals surface area contributed by atoms with Gasteiger partial charge in [0.05, 0.1) is 12.5 Å². The number of aliphatic hydroxyl groups is 1. The lowest BCUT2D eigenvalue weighted by Crippen LogP contribution is -2.42. The van der Waals surface area contributed by atoms with Gasteiger partial charge < -0.3 is 10.4 Å². The van der Waals surface area contributed by atoms with Gasteiger partial charge in [-0.1, -0.05) is 25.5 Å². The first-order valence-electron chi connectivity index (χ1n) is 6.84. The van der Waals surface area contributed by atoms with E-state index in [4.69, 9.17) is 0 Å². The van der Waals surface area contributed by atoms with Gasteiger partial charge in [-0.15, -0.1) is 0 Å². The molecule has 0 aromatic carbocycles. The van der Waals surface area contributed by atoms with Crippen LogP contribution in [0.2, 0.25) is 0 Å². The molecule has 4 atom stereocenters. The van der Waals surface area contributed by atoms with Gasteiger partial charge in [-0.2, -0.15) is 11.8 Å². The number of carbonyl (C=O) groups is 1. The van der Waals surface area contributed by atoms with Crippen LogP contribution in [0, 0.1) is 17.3 Å². The Labute approximate surface area is 121 Å². The number of amides is 1. The number of rotatable bonds is 6. The monoisotopic (exact) mass is 285 g/mol. The molecular weight excluding hydrogens is 258 g/mol. The molecule has 0 heterocycles. The van der Waals surface area contributed by atoms with Crippen molar-refractivity contribution in [2.24, 2.45) is 17.3 Å². The molecule has 0 bridgehead atoms. The van der Waals surface area contributed by atoms with E-state index in [1.165, 1.54) is 5.57 Å². The number of hydrogen-bond acceptors (Lipinski definition) is 3. The SMILES string of the molecule is CSC(CO)C(C)NC(=O)C1C(C=C(C)C)C1(C)C. The average Bonchev–Trinajstić information content (AvgIpc) is 2.80. The van der Waals surface area contributed by atoms with Crippen molar-refractivity contribution in [3.05, 3.63) is 11.6 Å². The van der Waals surface area contributed by atoms with Crippen molar-refractivity contribution in [3.8, 4) is 0 Å². The molecule has 1 rings (SSSR count). The standard InChI is InChI=1S/C15H27NO2S/c1-9(2)7-11-13(15(11,4)5)14(18)16-10(3)12(8-17)19-6/h7,10-13,17H,8H2,1-6H3,(H,16,18). The van der Waals surface area contributed by atoms with Crippen LogP contribution in [0.3, 0.4) is 0 Å². The molecule has 4 heteroatoms. The predicted molar refractivity (Wildman–Crippen MR) is 82.2 cm³/mol. The quantitative estimate of drug-likeness (QED) is 0.737. The lowest BCUT2D eigenvalue weighted by Gasteiger charge is -2.21. The topological polar surface area (TPSA) is 49.3 Å². The summed E-state index contributed by atoms with van der Waals surface area (Å²) in [6, 6.07) is -0.00347. The summed E-state index contributed by atoms with van der Waals surface area (Å²) in [4.78, 5) is 12.3. The Hall–Kier alpha value is -0.480. The van der Waals surface area contributed by atoms with Crippen LogP contribution < -0.4 is 5.32 Å². The summed E-state index contributed by atoms with van der Waals surface area (Å²) < 4.78 is 0. The molecule has 0 radical (unpaired) electrons. The van der Waals surface area contributed by atoms with E-state index in [0.29, 0.717) is 5.92 Å². The third kappa shape index (κ3) is 3.76. The van der Waals surface area contributed by atoms with E-state index >= 15 is 0 Å². The van der Waals surface area contributed by atoms with Crippen LogP contribution in [0.25, 0.3) is 0 Å². The largest absolute Gasteiger partial charge is 0.395 e. The highest BCUT2D eigenvalue weighted by atomic mass is 32.2. The fraction of sp³-hybridized carbons (Fsp3) is 0.800. The van der Waals surface area contributed by atoms with Gasteiger partial charge in [0.25, 0.3) is 0 Å². The predicted octanol–water partition coefficient (Wildman–Crippen LogP) is 2.45. The minimum Gasteiger partial charge on any atom is -0.395 e. The number of allylic oxidation sites excluding steroid dienone is 2. The molecule has 19 heavy (non-hydrogen) atoms. The number of aliphatic hydroxyl groups excluding tert-OH is 1. The zero-order chi connectivity index (χ0) is 14.8. The van der Waals surface area contributed by atoms with Gasteiger partial charge in [0.2, 0.25) is 5.91 Å². The Morgan fingerprint density at radius 1 is 1.47 bits per heavy atom. The molecule has 3 nitrogen and oxygen atoms in total. The maximum absolute atomic E-state index is 12.3. The summed E-state index contributed by atoms with van der Waals surface area (Å²) in [6.07, 6.45) is 4.16. The van der Waals surface area contributed by atoms with Crippen molar-refractivity contribution >= 4 is 17.7 Å². The van der Waals surface area contributed by atoms with E-state index in [2.05, 4.69) is 39.1 Å². The molecule has 0 aromatic rings. The minimum absolute atomic E-state index is 0.00347. The summed E-state index contributed by atoms with van der Waals surface area (Å²) in [5, 5.41) is 12.4. The highest BCUT2D eigenvalue weighted by Gasteiger charge is 2.60. The molecule has 4 unspecified atom stereocenters. The van der Waals surface area contributed by atoms with E-state index in [9.17, 15) is 9.90 Å². The first-order chi connectivity index (χ1) is 8.75. The van der Waals surface area contributed by atoms with Crippen LogP contribution in [0.1, 0.15) is 34.6 Å². The molecule has 0 saturated heterocycles. The van der Waals surface area contributed by atoms with Crippen molar-refractivity contribution in [1.29, 1.82) is 0 Å². The van der Waals surface area contributed by atoms with Gasteiger partial charge in [-0.05, 0) is 38.4 Å². The zero-order valence-corrected chi connectivity index (χ0v) is 13.7. The van der Waals surface area contributed by atoms with Gasteiger partial charge in [0.1, 0.15) is 0 Å². The fourth-order valence-corrected chi connectivity index (χ4v) is 3.32. The molecule has 1 fully saturated rings. The number of thioether (sulfide) groups is 1. The maximum Gasteiger partial charge on any atom is 0.224 e. The maximum atomic E-state index is 12.3. The van der Waals surface area contributed by atoms with Crippen molar-refractivity contribution in [3.63, 3.8) is 0 Å². The molecule has 0 aromatic heterocycles. The third-order valence-corrected chi connectivity index (χ3v) is 5.28. The second kappa shape index (κ2) is 6.31. The van der Waals surface area contributed by atoms with E-state index in [1.54, 1.807) is 11.8 Å². The van der Waals surface area contributed by atoms with Crippen LogP contribution in [0.4, 0.5) is 0 Å². The van der Waals surface area contributed by atoms with Gasteiger partial charge in [-0.25, -0.2) is 0 Å².